The Balaban J connectivity index is 2.32. The molecule has 2 N–H and O–H groups in total. The number of piperazine rings is 1. The molecule has 2 heterocycles. The van der Waals surface area contributed by atoms with Crippen molar-refractivity contribution in [2.75, 3.05) is 43.9 Å². The summed E-state index contributed by atoms with van der Waals surface area (Å²) in [5, 5.41) is 0. The van der Waals surface area contributed by atoms with Crippen LogP contribution < -0.4 is 10.6 Å². The summed E-state index contributed by atoms with van der Waals surface area (Å²) in [6.45, 7) is 2.60. The van der Waals surface area contributed by atoms with Crippen molar-refractivity contribution < 1.29 is 13.2 Å². The van der Waals surface area contributed by atoms with Crippen molar-refractivity contribution in [2.45, 2.75) is 6.18 Å². The molecule has 1 aliphatic heterocycles. The third kappa shape index (κ3) is 2.66. The maximum absolute atomic E-state index is 12.9. The van der Waals surface area contributed by atoms with Crippen LogP contribution in [0.4, 0.5) is 24.7 Å². The minimum atomic E-state index is -4.41. The molecule has 0 radical (unpaired) electrons. The highest BCUT2D eigenvalue weighted by molar-refractivity contribution is 5.57. The van der Waals surface area contributed by atoms with Crippen molar-refractivity contribution >= 4 is 11.5 Å². The number of nitrogens with two attached hydrogens (primary N) is 1. The first kappa shape index (κ1) is 12.9. The second-order valence-electron chi connectivity index (χ2n) is 4.41. The van der Waals surface area contributed by atoms with Gasteiger partial charge >= 0.3 is 6.18 Å². The van der Waals surface area contributed by atoms with Crippen molar-refractivity contribution in [1.29, 1.82) is 0 Å². The monoisotopic (exact) mass is 260 g/mol. The summed E-state index contributed by atoms with van der Waals surface area (Å²) in [5.41, 5.74) is 4.74. The highest BCUT2D eigenvalue weighted by Crippen LogP contribution is 2.37. The first-order chi connectivity index (χ1) is 8.38. The molecule has 0 bridgehead atoms. The highest BCUT2D eigenvalue weighted by atomic mass is 19.4. The predicted molar refractivity (Wildman–Crippen MR) is 63.4 cm³/mol. The lowest BCUT2D eigenvalue weighted by Gasteiger charge is -2.35. The molecule has 1 aromatic rings. The Bertz CT molecular complexity index is 425. The summed E-state index contributed by atoms with van der Waals surface area (Å²) in [4.78, 5) is 7.55. The first-order valence-corrected chi connectivity index (χ1v) is 5.64. The quantitative estimate of drug-likeness (QED) is 0.829. The number of anilines is 2. The standard InChI is InChI=1S/C11H15F3N4/c1-17-2-4-18(5-3-17)9-7-16-10(15)6-8(9)11(12,13)14/h6-7H,2-5H2,1H3,(H2,15,16). The van der Waals surface area contributed by atoms with Gasteiger partial charge in [-0.2, -0.15) is 13.2 Å². The number of likely N-dealkylation sites (N-methyl/N-ethyl adjacent to an activating group) is 1. The maximum Gasteiger partial charge on any atom is 0.418 e. The third-order valence-electron chi connectivity index (χ3n) is 3.05. The van der Waals surface area contributed by atoms with Crippen LogP contribution in [-0.4, -0.2) is 43.1 Å². The number of nitrogen functional groups attached to an aromatic ring is 1. The van der Waals surface area contributed by atoms with Crippen LogP contribution in [0.1, 0.15) is 5.56 Å². The van der Waals surface area contributed by atoms with Crippen LogP contribution in [0, 0.1) is 0 Å². The molecular weight excluding hydrogens is 245 g/mol. The van der Waals surface area contributed by atoms with E-state index in [2.05, 4.69) is 9.88 Å². The smallest absolute Gasteiger partial charge is 0.384 e. The second kappa shape index (κ2) is 4.64. The molecule has 1 aliphatic rings. The van der Waals surface area contributed by atoms with Gasteiger partial charge in [-0.1, -0.05) is 0 Å². The number of hydrogen-bond donors (Lipinski definition) is 1. The number of aromatic nitrogens is 1. The van der Waals surface area contributed by atoms with Crippen molar-refractivity contribution in [1.82, 2.24) is 9.88 Å². The Morgan fingerprint density at radius 1 is 1.22 bits per heavy atom. The number of halogens is 3. The summed E-state index contributed by atoms with van der Waals surface area (Å²) in [7, 11) is 1.95. The van der Waals surface area contributed by atoms with Gasteiger partial charge in [-0.25, -0.2) is 4.98 Å². The van der Waals surface area contributed by atoms with Gasteiger partial charge in [0.1, 0.15) is 5.82 Å². The molecule has 0 aliphatic carbocycles. The fraction of sp³-hybridized carbons (Fsp3) is 0.545. The van der Waals surface area contributed by atoms with E-state index in [9.17, 15) is 13.2 Å². The molecule has 1 aromatic heterocycles. The zero-order valence-electron chi connectivity index (χ0n) is 10.0. The topological polar surface area (TPSA) is 45.4 Å². The van der Waals surface area contributed by atoms with Crippen LogP contribution >= 0.6 is 0 Å². The van der Waals surface area contributed by atoms with E-state index in [0.717, 1.165) is 19.2 Å². The molecule has 0 unspecified atom stereocenters. The molecule has 2 rings (SSSR count). The molecule has 1 saturated heterocycles. The van der Waals surface area contributed by atoms with Crippen molar-refractivity contribution in [3.8, 4) is 0 Å². The fourth-order valence-corrected chi connectivity index (χ4v) is 1.99. The minimum Gasteiger partial charge on any atom is -0.384 e. The lowest BCUT2D eigenvalue weighted by Crippen LogP contribution is -2.45. The third-order valence-corrected chi connectivity index (χ3v) is 3.05. The van der Waals surface area contributed by atoms with E-state index in [-0.39, 0.29) is 11.5 Å². The van der Waals surface area contributed by atoms with Gasteiger partial charge in [0.25, 0.3) is 0 Å². The maximum atomic E-state index is 12.9. The van der Waals surface area contributed by atoms with E-state index in [1.54, 1.807) is 4.90 Å². The molecule has 18 heavy (non-hydrogen) atoms. The lowest BCUT2D eigenvalue weighted by molar-refractivity contribution is -0.137. The molecule has 7 heteroatoms. The molecule has 1 fully saturated rings. The van der Waals surface area contributed by atoms with Gasteiger partial charge in [-0.05, 0) is 13.1 Å². The Morgan fingerprint density at radius 2 is 1.83 bits per heavy atom. The summed E-state index contributed by atoms with van der Waals surface area (Å²) in [5.74, 6) is -0.111. The first-order valence-electron chi connectivity index (χ1n) is 5.64. The van der Waals surface area contributed by atoms with E-state index in [0.29, 0.717) is 13.1 Å². The van der Waals surface area contributed by atoms with Crippen LogP contribution in [0.15, 0.2) is 12.3 Å². The number of pyridine rings is 1. The molecule has 0 amide bonds. The van der Waals surface area contributed by atoms with Crippen LogP contribution in [0.3, 0.4) is 0 Å². The van der Waals surface area contributed by atoms with Gasteiger partial charge in [-0.15, -0.1) is 0 Å². The minimum absolute atomic E-state index is 0.111. The van der Waals surface area contributed by atoms with Gasteiger partial charge in [0.05, 0.1) is 17.4 Å². The molecule has 0 atom stereocenters. The van der Waals surface area contributed by atoms with E-state index >= 15 is 0 Å². The summed E-state index contributed by atoms with van der Waals surface area (Å²) >= 11 is 0. The van der Waals surface area contributed by atoms with Gasteiger partial charge < -0.3 is 15.5 Å². The Labute approximate surface area is 103 Å². The zero-order valence-corrected chi connectivity index (χ0v) is 10.0. The van der Waals surface area contributed by atoms with Crippen LogP contribution in [-0.2, 0) is 6.18 Å². The van der Waals surface area contributed by atoms with Crippen molar-refractivity contribution in [2.24, 2.45) is 0 Å². The van der Waals surface area contributed by atoms with Crippen LogP contribution in [0.5, 0.6) is 0 Å². The van der Waals surface area contributed by atoms with Crippen molar-refractivity contribution in [3.63, 3.8) is 0 Å². The molecule has 0 aromatic carbocycles. The van der Waals surface area contributed by atoms with Gasteiger partial charge in [0.15, 0.2) is 0 Å². The number of nitrogens with zero attached hydrogens (tertiary/aromatic N) is 3. The van der Waals surface area contributed by atoms with Crippen LogP contribution in [0.25, 0.3) is 0 Å². The average Bonchev–Trinajstić information content (AvgIpc) is 2.29. The SMILES string of the molecule is CN1CCN(c2cnc(N)cc2C(F)(F)F)CC1. The zero-order chi connectivity index (χ0) is 13.3. The lowest BCUT2D eigenvalue weighted by atomic mass is 10.1. The number of rotatable bonds is 1. The summed E-state index contributed by atoms with van der Waals surface area (Å²) in [6, 6.07) is 0.896. The highest BCUT2D eigenvalue weighted by Gasteiger charge is 2.36. The summed E-state index contributed by atoms with van der Waals surface area (Å²) in [6.07, 6.45) is -3.20. The molecular formula is C11H15F3N4. The molecule has 100 valence electrons. The number of alkyl halides is 3. The van der Waals surface area contributed by atoms with Crippen molar-refractivity contribution in [3.05, 3.63) is 17.8 Å². The van der Waals surface area contributed by atoms with Gasteiger partial charge in [0, 0.05) is 26.2 Å². The Morgan fingerprint density at radius 3 is 2.39 bits per heavy atom. The predicted octanol–water partition coefficient (Wildman–Crippen LogP) is 1.43. The molecule has 0 saturated carbocycles. The normalized spacial score (nSPS) is 18.1. The van der Waals surface area contributed by atoms with Gasteiger partial charge in [0.2, 0.25) is 0 Å². The summed E-state index contributed by atoms with van der Waals surface area (Å²) < 4.78 is 38.8. The van der Waals surface area contributed by atoms with Gasteiger partial charge in [-0.3, -0.25) is 0 Å². The number of hydrogen-bond acceptors (Lipinski definition) is 4. The average molecular weight is 260 g/mol. The Kier molecular flexibility index (Phi) is 3.34. The Hall–Kier alpha value is -1.50. The molecule has 4 nitrogen and oxygen atoms in total. The largest absolute Gasteiger partial charge is 0.418 e. The van der Waals surface area contributed by atoms with Crippen LogP contribution in [0.2, 0.25) is 0 Å². The second-order valence-corrected chi connectivity index (χ2v) is 4.41. The van der Waals surface area contributed by atoms with E-state index in [1.807, 2.05) is 7.05 Å². The fourth-order valence-electron chi connectivity index (χ4n) is 1.99. The molecule has 0 spiro atoms. The van der Waals surface area contributed by atoms with E-state index in [4.69, 9.17) is 5.73 Å². The van der Waals surface area contributed by atoms with E-state index < -0.39 is 11.7 Å². The van der Waals surface area contributed by atoms with E-state index in [1.165, 1.54) is 6.20 Å².